The van der Waals surface area contributed by atoms with Crippen molar-refractivity contribution in [2.75, 3.05) is 41.7 Å². The Balaban J connectivity index is 1.51. The first kappa shape index (κ1) is 25.7. The zero-order valence-electron chi connectivity index (χ0n) is 21.1. The van der Waals surface area contributed by atoms with Crippen LogP contribution in [0.2, 0.25) is 0 Å². The van der Waals surface area contributed by atoms with Crippen molar-refractivity contribution in [2.24, 2.45) is 0 Å². The first-order valence-corrected chi connectivity index (χ1v) is 12.3. The maximum absolute atomic E-state index is 12.7. The molecule has 4 rings (SSSR count). The Morgan fingerprint density at radius 3 is 2.50 bits per heavy atom. The smallest absolute Gasteiger partial charge is 0.229 e. The number of aliphatic hydroxyl groups excluding tert-OH is 2. The molecule has 3 aromatic heterocycles. The first-order chi connectivity index (χ1) is 17.2. The van der Waals surface area contributed by atoms with Crippen molar-refractivity contribution in [1.82, 2.24) is 24.8 Å². The fourth-order valence-corrected chi connectivity index (χ4v) is 4.14. The highest BCUT2D eigenvalue weighted by atomic mass is 16.3. The van der Waals surface area contributed by atoms with Crippen molar-refractivity contribution < 1.29 is 15.0 Å². The standard InChI is InChI=1S/C25H34N8O3/c1-15(2)28-24-23-18(11-20(29-24)17(4)35)12-27-25(31-23)30-21-6-5-19(13-26-21)33-10-9-32(14-16(3)34)8-7-22(33)36/h5-6,11-13,15-17,34-35H,7-10,14H2,1-4H3,(H,28,29)(H,26,27,30,31)/t16-,17-/m1/s1. The number of anilines is 4. The zero-order chi connectivity index (χ0) is 25.8. The second kappa shape index (κ2) is 11.1. The van der Waals surface area contributed by atoms with Gasteiger partial charge in [-0.1, -0.05) is 0 Å². The van der Waals surface area contributed by atoms with Crippen molar-refractivity contribution >= 4 is 40.1 Å². The molecule has 1 aliphatic heterocycles. The molecule has 0 aromatic carbocycles. The summed E-state index contributed by atoms with van der Waals surface area (Å²) < 4.78 is 0. The molecule has 0 spiro atoms. The van der Waals surface area contributed by atoms with E-state index in [-0.39, 0.29) is 11.9 Å². The van der Waals surface area contributed by atoms with E-state index < -0.39 is 12.2 Å². The number of pyridine rings is 2. The van der Waals surface area contributed by atoms with Crippen molar-refractivity contribution in [2.45, 2.75) is 52.4 Å². The third-order valence-electron chi connectivity index (χ3n) is 5.84. The summed E-state index contributed by atoms with van der Waals surface area (Å²) in [4.78, 5) is 34.5. The number of carbonyl (C=O) groups is 1. The number of nitrogens with zero attached hydrogens (tertiary/aromatic N) is 6. The van der Waals surface area contributed by atoms with Gasteiger partial charge in [0.1, 0.15) is 11.3 Å². The van der Waals surface area contributed by atoms with Crippen LogP contribution in [0, 0.1) is 0 Å². The Morgan fingerprint density at radius 1 is 1.03 bits per heavy atom. The van der Waals surface area contributed by atoms with Crippen LogP contribution in [0.1, 0.15) is 45.9 Å². The molecule has 3 aromatic rings. The van der Waals surface area contributed by atoms with Gasteiger partial charge in [0, 0.05) is 50.2 Å². The van der Waals surface area contributed by atoms with E-state index in [1.165, 1.54) is 0 Å². The van der Waals surface area contributed by atoms with Crippen molar-refractivity contribution in [3.63, 3.8) is 0 Å². The lowest BCUT2D eigenvalue weighted by Gasteiger charge is -2.22. The van der Waals surface area contributed by atoms with E-state index >= 15 is 0 Å². The minimum atomic E-state index is -0.708. The van der Waals surface area contributed by atoms with Crippen LogP contribution >= 0.6 is 0 Å². The number of aromatic nitrogens is 4. The molecule has 1 saturated heterocycles. The maximum Gasteiger partial charge on any atom is 0.229 e. The molecule has 4 N–H and O–H groups in total. The minimum absolute atomic E-state index is 0.0395. The predicted octanol–water partition coefficient (Wildman–Crippen LogP) is 2.46. The van der Waals surface area contributed by atoms with E-state index in [4.69, 9.17) is 0 Å². The van der Waals surface area contributed by atoms with Gasteiger partial charge in [-0.3, -0.25) is 9.69 Å². The molecule has 11 nitrogen and oxygen atoms in total. The van der Waals surface area contributed by atoms with Gasteiger partial charge in [-0.2, -0.15) is 0 Å². The molecule has 1 amide bonds. The largest absolute Gasteiger partial charge is 0.392 e. The molecule has 0 radical (unpaired) electrons. The van der Waals surface area contributed by atoms with E-state index in [9.17, 15) is 15.0 Å². The summed E-state index contributed by atoms with van der Waals surface area (Å²) in [5, 5.41) is 26.8. The average Bonchev–Trinajstić information content (AvgIpc) is 3.00. The van der Waals surface area contributed by atoms with Gasteiger partial charge in [-0.15, -0.1) is 0 Å². The molecule has 0 saturated carbocycles. The van der Waals surface area contributed by atoms with Crippen molar-refractivity contribution in [3.05, 3.63) is 36.3 Å². The van der Waals surface area contributed by atoms with Crippen molar-refractivity contribution in [3.8, 4) is 0 Å². The Hall–Kier alpha value is -3.41. The van der Waals surface area contributed by atoms with Gasteiger partial charge in [0.2, 0.25) is 11.9 Å². The Morgan fingerprint density at radius 2 is 1.83 bits per heavy atom. The highest BCUT2D eigenvalue weighted by molar-refractivity contribution is 5.93. The summed E-state index contributed by atoms with van der Waals surface area (Å²) in [7, 11) is 0. The molecule has 4 heterocycles. The highest BCUT2D eigenvalue weighted by Crippen LogP contribution is 2.26. The molecule has 192 valence electrons. The lowest BCUT2D eigenvalue weighted by atomic mass is 10.2. The van der Waals surface area contributed by atoms with Gasteiger partial charge in [-0.05, 0) is 45.9 Å². The number of fused-ring (bicyclic) bond motifs is 1. The van der Waals surface area contributed by atoms with Crippen LogP contribution in [0.3, 0.4) is 0 Å². The fraction of sp³-hybridized carbons (Fsp3) is 0.480. The molecule has 2 atom stereocenters. The first-order valence-electron chi connectivity index (χ1n) is 12.3. The summed E-state index contributed by atoms with van der Waals surface area (Å²) in [5.74, 6) is 1.53. The molecule has 1 aliphatic rings. The Labute approximate surface area is 210 Å². The van der Waals surface area contributed by atoms with Gasteiger partial charge in [-0.25, -0.2) is 19.9 Å². The second-order valence-corrected chi connectivity index (χ2v) is 9.47. The van der Waals surface area contributed by atoms with Crippen LogP contribution in [0.25, 0.3) is 10.9 Å². The molecular formula is C25H34N8O3. The summed E-state index contributed by atoms with van der Waals surface area (Å²) in [6.45, 7) is 9.86. The molecule has 11 heteroatoms. The maximum atomic E-state index is 12.7. The molecule has 0 aliphatic carbocycles. The van der Waals surface area contributed by atoms with Gasteiger partial charge in [0.05, 0.1) is 29.8 Å². The van der Waals surface area contributed by atoms with Crippen LogP contribution in [-0.2, 0) is 4.79 Å². The molecular weight excluding hydrogens is 460 g/mol. The van der Waals surface area contributed by atoms with Crippen molar-refractivity contribution in [1.29, 1.82) is 0 Å². The van der Waals surface area contributed by atoms with E-state index in [1.807, 2.05) is 19.9 Å². The summed E-state index contributed by atoms with van der Waals surface area (Å²) in [6, 6.07) is 5.55. The molecule has 0 unspecified atom stereocenters. The SMILES string of the molecule is CC(C)Nc1nc([C@@H](C)O)cc2cnc(Nc3ccc(N4CCN(C[C@@H](C)O)CCC4=O)cn3)nc12. The van der Waals surface area contributed by atoms with Gasteiger partial charge in [0.25, 0.3) is 0 Å². The minimum Gasteiger partial charge on any atom is -0.392 e. The number of aliphatic hydroxyl groups is 2. The van der Waals surface area contributed by atoms with E-state index in [2.05, 4.69) is 35.5 Å². The lowest BCUT2D eigenvalue weighted by Crippen LogP contribution is -2.35. The number of rotatable bonds is 8. The number of amides is 1. The fourth-order valence-electron chi connectivity index (χ4n) is 4.14. The van der Waals surface area contributed by atoms with E-state index in [0.717, 1.165) is 11.1 Å². The Kier molecular flexibility index (Phi) is 7.92. The van der Waals surface area contributed by atoms with Crippen LogP contribution in [0.5, 0.6) is 0 Å². The number of carbonyl (C=O) groups excluding carboxylic acids is 1. The van der Waals surface area contributed by atoms with E-state index in [0.29, 0.717) is 61.4 Å². The topological polar surface area (TPSA) is 140 Å². The normalized spacial score (nSPS) is 16.8. The molecule has 36 heavy (non-hydrogen) atoms. The monoisotopic (exact) mass is 494 g/mol. The quantitative estimate of drug-likeness (QED) is 0.369. The number of hydrogen-bond donors (Lipinski definition) is 4. The number of hydrogen-bond acceptors (Lipinski definition) is 10. The van der Waals surface area contributed by atoms with E-state index in [1.54, 1.807) is 43.3 Å². The zero-order valence-corrected chi connectivity index (χ0v) is 21.1. The number of β-amino-alcohol motifs (C(OH)–C–C–N with tert-alkyl or cyclic N) is 1. The summed E-state index contributed by atoms with van der Waals surface area (Å²) >= 11 is 0. The van der Waals surface area contributed by atoms with Crippen LogP contribution in [-0.4, -0.2) is 79.3 Å². The molecule has 0 bridgehead atoms. The highest BCUT2D eigenvalue weighted by Gasteiger charge is 2.23. The van der Waals surface area contributed by atoms with Gasteiger partial charge in [0.15, 0.2) is 5.82 Å². The van der Waals surface area contributed by atoms with Gasteiger partial charge >= 0.3 is 0 Å². The van der Waals surface area contributed by atoms with Gasteiger partial charge < -0.3 is 25.7 Å². The summed E-state index contributed by atoms with van der Waals surface area (Å²) in [6.07, 6.45) is 2.61. The second-order valence-electron chi connectivity index (χ2n) is 9.47. The van der Waals surface area contributed by atoms with Crippen LogP contribution in [0.15, 0.2) is 30.6 Å². The predicted molar refractivity (Wildman–Crippen MR) is 139 cm³/mol. The third kappa shape index (κ3) is 6.23. The van der Waals surface area contributed by atoms with Crippen LogP contribution < -0.4 is 15.5 Å². The molecule has 1 fully saturated rings. The summed E-state index contributed by atoms with van der Waals surface area (Å²) in [5.41, 5.74) is 1.91. The lowest BCUT2D eigenvalue weighted by molar-refractivity contribution is -0.118. The third-order valence-corrected chi connectivity index (χ3v) is 5.84. The number of nitrogens with one attached hydrogen (secondary N) is 2. The Bertz CT molecular complexity index is 1200. The van der Waals surface area contributed by atoms with Crippen LogP contribution in [0.4, 0.5) is 23.3 Å². The average molecular weight is 495 g/mol.